The average Bonchev–Trinajstić information content (AvgIpc) is 3.01. The summed E-state index contributed by atoms with van der Waals surface area (Å²) in [5.74, 6) is -1.67. The molecule has 3 aromatic carbocycles. The minimum absolute atomic E-state index is 0.0118. The maximum absolute atomic E-state index is 11.6. The molecule has 3 N–H and O–H groups in total. The second-order valence-electron chi connectivity index (χ2n) is 9.45. The number of rotatable bonds is 13. The first-order chi connectivity index (χ1) is 22.4. The van der Waals surface area contributed by atoms with Crippen LogP contribution in [0.2, 0.25) is 0 Å². The lowest BCUT2D eigenvalue weighted by Crippen LogP contribution is -2.23. The number of nitrogens with one attached hydrogen (secondary N) is 2. The van der Waals surface area contributed by atoms with E-state index in [0.717, 1.165) is 0 Å². The van der Waals surface area contributed by atoms with Crippen molar-refractivity contribution in [3.05, 3.63) is 89.5 Å². The van der Waals surface area contributed by atoms with Gasteiger partial charge in [-0.05, 0) is 53.1 Å². The Balaban J connectivity index is 0.000000361. The fraction of sp³-hybridized carbons (Fsp3) is 0.300. The highest BCUT2D eigenvalue weighted by molar-refractivity contribution is 8.13. The SMILES string of the molecule is CCNS(=O)(=O)c1ccc(CC(=O)O)cc1.CCNS(=O)(=O)c1ccc(CC(=O)OC)cc1.COC(=O)Cc1ccc(S(=O)(=O)Cl)cc1. The van der Waals surface area contributed by atoms with Gasteiger partial charge in [-0.2, -0.15) is 0 Å². The van der Waals surface area contributed by atoms with Crippen LogP contribution < -0.4 is 9.44 Å². The number of halogens is 1. The number of benzene rings is 3. The van der Waals surface area contributed by atoms with E-state index in [1.165, 1.54) is 74.9 Å². The lowest BCUT2D eigenvalue weighted by Gasteiger charge is -2.05. The molecule has 0 radical (unpaired) electrons. The van der Waals surface area contributed by atoms with Gasteiger partial charge >= 0.3 is 17.9 Å². The van der Waals surface area contributed by atoms with E-state index in [2.05, 4.69) is 18.9 Å². The van der Waals surface area contributed by atoms with E-state index in [1.54, 1.807) is 26.0 Å². The number of sulfonamides is 2. The number of carboxylic acids is 1. The Morgan fingerprint density at radius 1 is 0.583 bits per heavy atom. The van der Waals surface area contributed by atoms with Crippen molar-refractivity contribution < 1.29 is 54.2 Å². The lowest BCUT2D eigenvalue weighted by molar-refractivity contribution is -0.140. The van der Waals surface area contributed by atoms with Gasteiger partial charge in [-0.1, -0.05) is 50.2 Å². The molecule has 0 aromatic heterocycles. The molecule has 3 rings (SSSR count). The largest absolute Gasteiger partial charge is 0.481 e. The van der Waals surface area contributed by atoms with Crippen molar-refractivity contribution in [2.24, 2.45) is 0 Å². The number of esters is 2. The van der Waals surface area contributed by atoms with E-state index in [9.17, 15) is 39.6 Å². The Morgan fingerprint density at radius 3 is 1.12 bits per heavy atom. The zero-order valence-electron chi connectivity index (χ0n) is 26.5. The Hall–Kier alpha value is -3.87. The van der Waals surface area contributed by atoms with Crippen LogP contribution in [-0.4, -0.2) is 75.6 Å². The molecule has 3 aromatic rings. The standard InChI is InChI=1S/C11H15NO4S.C10H13NO4S.C9H9ClO4S/c1-3-12-17(14,15)10-6-4-9(5-7-10)8-11(13)16-2;1-2-11-16(14,15)9-5-3-8(4-6-9)7-10(12)13;1-14-9(11)6-7-2-4-8(5-3-7)15(10,12)13/h4-7,12H,3,8H2,1-2H3;3-6,11H,2,7H2,1H3,(H,12,13);2-5H,6H2,1H3. The summed E-state index contributed by atoms with van der Waals surface area (Å²) >= 11 is 0. The molecule has 0 saturated heterocycles. The summed E-state index contributed by atoms with van der Waals surface area (Å²) in [6.07, 6.45) is 0.138. The van der Waals surface area contributed by atoms with Gasteiger partial charge in [0.2, 0.25) is 20.0 Å². The van der Waals surface area contributed by atoms with Crippen LogP contribution in [0.4, 0.5) is 0 Å². The molecule has 264 valence electrons. The molecule has 0 heterocycles. The topological polar surface area (TPSA) is 216 Å². The average molecular weight is 749 g/mol. The number of aliphatic carboxylic acids is 1. The van der Waals surface area contributed by atoms with Crippen molar-refractivity contribution in [1.29, 1.82) is 0 Å². The fourth-order valence-corrected chi connectivity index (χ4v) is 6.39. The van der Waals surface area contributed by atoms with E-state index in [4.69, 9.17) is 15.8 Å². The monoisotopic (exact) mass is 748 g/mol. The van der Waals surface area contributed by atoms with E-state index < -0.39 is 35.1 Å². The summed E-state index contributed by atoms with van der Waals surface area (Å²) in [5, 5.41) is 8.55. The second kappa shape index (κ2) is 19.8. The number of ether oxygens (including phenoxy) is 2. The third-order valence-electron chi connectivity index (χ3n) is 5.85. The quantitative estimate of drug-likeness (QED) is 0.170. The Bertz CT molecular complexity index is 1830. The van der Waals surface area contributed by atoms with Gasteiger partial charge in [0.1, 0.15) is 0 Å². The molecule has 0 spiro atoms. The van der Waals surface area contributed by atoms with Crippen molar-refractivity contribution in [3.63, 3.8) is 0 Å². The number of hydrogen-bond acceptors (Lipinski definition) is 11. The van der Waals surface area contributed by atoms with Crippen LogP contribution in [-0.2, 0) is 72.2 Å². The number of hydrogen-bond donors (Lipinski definition) is 3. The van der Waals surface area contributed by atoms with Gasteiger partial charge in [-0.15, -0.1) is 0 Å². The third-order valence-corrected chi connectivity index (χ3v) is 10.3. The van der Waals surface area contributed by atoms with Gasteiger partial charge in [-0.3, -0.25) is 14.4 Å². The molecule has 0 bridgehead atoms. The minimum Gasteiger partial charge on any atom is -0.481 e. The van der Waals surface area contributed by atoms with Crippen LogP contribution in [0.1, 0.15) is 30.5 Å². The minimum atomic E-state index is -3.70. The predicted molar refractivity (Wildman–Crippen MR) is 177 cm³/mol. The van der Waals surface area contributed by atoms with Crippen molar-refractivity contribution in [1.82, 2.24) is 9.44 Å². The van der Waals surface area contributed by atoms with Crippen LogP contribution in [0.5, 0.6) is 0 Å². The summed E-state index contributed by atoms with van der Waals surface area (Å²) in [6.45, 7) is 4.06. The van der Waals surface area contributed by atoms with Gasteiger partial charge in [0.15, 0.2) is 0 Å². The van der Waals surface area contributed by atoms with Crippen LogP contribution >= 0.6 is 10.7 Å². The van der Waals surface area contributed by atoms with Crippen molar-refractivity contribution in [2.75, 3.05) is 27.3 Å². The van der Waals surface area contributed by atoms with E-state index >= 15 is 0 Å². The highest BCUT2D eigenvalue weighted by Gasteiger charge is 2.14. The summed E-state index contributed by atoms with van der Waals surface area (Å²) in [7, 11) is -2.85. The summed E-state index contributed by atoms with van der Waals surface area (Å²) < 4.78 is 81.8. The van der Waals surface area contributed by atoms with Gasteiger partial charge in [0, 0.05) is 23.8 Å². The van der Waals surface area contributed by atoms with Crippen molar-refractivity contribution in [3.8, 4) is 0 Å². The highest BCUT2D eigenvalue weighted by Crippen LogP contribution is 2.16. The second-order valence-corrected chi connectivity index (χ2v) is 15.5. The molecule has 14 nitrogen and oxygen atoms in total. The van der Waals surface area contributed by atoms with Gasteiger partial charge in [0.25, 0.3) is 9.05 Å². The van der Waals surface area contributed by atoms with E-state index in [-0.39, 0.29) is 45.9 Å². The molecule has 0 fully saturated rings. The smallest absolute Gasteiger partial charge is 0.309 e. The molecule has 0 saturated carbocycles. The Labute approximate surface area is 284 Å². The first kappa shape index (κ1) is 42.2. The van der Waals surface area contributed by atoms with Gasteiger partial charge < -0.3 is 14.6 Å². The first-order valence-corrected chi connectivity index (χ1v) is 19.2. The first-order valence-electron chi connectivity index (χ1n) is 13.9. The third kappa shape index (κ3) is 15.4. The maximum Gasteiger partial charge on any atom is 0.309 e. The molecular formula is C30H37ClN2O12S3. The Kier molecular flexibility index (Phi) is 17.4. The van der Waals surface area contributed by atoms with Gasteiger partial charge in [0.05, 0.1) is 48.2 Å². The normalized spacial score (nSPS) is 11.2. The number of methoxy groups -OCH3 is 2. The maximum atomic E-state index is 11.6. The summed E-state index contributed by atoms with van der Waals surface area (Å²) in [4.78, 5) is 32.7. The van der Waals surface area contributed by atoms with Crippen molar-refractivity contribution in [2.45, 2.75) is 47.8 Å². The zero-order chi connectivity index (χ0) is 36.5. The Morgan fingerprint density at radius 2 is 0.875 bits per heavy atom. The van der Waals surface area contributed by atoms with Crippen LogP contribution in [0, 0.1) is 0 Å². The molecule has 0 amide bonds. The molecule has 0 aliphatic carbocycles. The summed E-state index contributed by atoms with van der Waals surface area (Å²) in [6, 6.07) is 17.7. The molecule has 0 unspecified atom stereocenters. The molecule has 48 heavy (non-hydrogen) atoms. The zero-order valence-corrected chi connectivity index (χ0v) is 29.7. The van der Waals surface area contributed by atoms with E-state index in [0.29, 0.717) is 29.8 Å². The molecule has 0 aliphatic heterocycles. The molecular weight excluding hydrogens is 712 g/mol. The predicted octanol–water partition coefficient (Wildman–Crippen LogP) is 2.64. The van der Waals surface area contributed by atoms with E-state index in [1.807, 2.05) is 0 Å². The molecule has 0 atom stereocenters. The molecule has 18 heteroatoms. The van der Waals surface area contributed by atoms with Crippen molar-refractivity contribution >= 4 is 57.7 Å². The van der Waals surface area contributed by atoms with Crippen LogP contribution in [0.25, 0.3) is 0 Å². The van der Waals surface area contributed by atoms with Crippen LogP contribution in [0.15, 0.2) is 87.5 Å². The number of carbonyl (C=O) groups excluding carboxylic acids is 2. The number of carboxylic acid groups (broad SMARTS) is 1. The summed E-state index contributed by atoms with van der Waals surface area (Å²) in [5.41, 5.74) is 1.96. The lowest BCUT2D eigenvalue weighted by atomic mass is 10.2. The number of carbonyl (C=O) groups is 3. The van der Waals surface area contributed by atoms with Crippen LogP contribution in [0.3, 0.4) is 0 Å². The highest BCUT2D eigenvalue weighted by atomic mass is 35.7. The fourth-order valence-electron chi connectivity index (χ4n) is 3.54. The molecule has 0 aliphatic rings. The van der Waals surface area contributed by atoms with Gasteiger partial charge in [-0.25, -0.2) is 34.7 Å².